The van der Waals surface area contributed by atoms with E-state index in [-0.39, 0.29) is 0 Å². The predicted molar refractivity (Wildman–Crippen MR) is 103 cm³/mol. The van der Waals surface area contributed by atoms with Crippen LogP contribution >= 0.6 is 0 Å². The lowest BCUT2D eigenvalue weighted by molar-refractivity contribution is 0.164. The Morgan fingerprint density at radius 1 is 1.28 bits per heavy atom. The normalized spacial score (nSPS) is 23.4. The van der Waals surface area contributed by atoms with Crippen molar-refractivity contribution in [1.29, 1.82) is 0 Å². The molecule has 0 aromatic carbocycles. The maximum absolute atomic E-state index is 4.46. The van der Waals surface area contributed by atoms with E-state index >= 15 is 0 Å². The Balaban J connectivity index is 1.51. The first-order valence-electron chi connectivity index (χ1n) is 10.0. The van der Waals surface area contributed by atoms with Gasteiger partial charge in [-0.25, -0.2) is 4.68 Å². The van der Waals surface area contributed by atoms with Gasteiger partial charge in [0.25, 0.3) is 0 Å². The van der Waals surface area contributed by atoms with E-state index in [2.05, 4.69) is 64.8 Å². The van der Waals surface area contributed by atoms with Gasteiger partial charge in [0.1, 0.15) is 0 Å². The molecule has 25 heavy (non-hydrogen) atoms. The average Bonchev–Trinajstić information content (AvgIpc) is 3.16. The quantitative estimate of drug-likeness (QED) is 0.738. The standard InChI is InChI=1S/C20H35N5/c1-5-7-17(2)14-23-12-8-19(9-13-23)25-16-18(21-22-25)15-24-11-6-10-20(24,3)4/h7,16,19H,5-6,8-15H2,1-4H3. The number of likely N-dealkylation sites (tertiary alicyclic amines) is 2. The van der Waals surface area contributed by atoms with Gasteiger partial charge in [0.05, 0.1) is 17.9 Å². The van der Waals surface area contributed by atoms with Gasteiger partial charge < -0.3 is 0 Å². The highest BCUT2D eigenvalue weighted by atomic mass is 15.4. The topological polar surface area (TPSA) is 37.2 Å². The zero-order chi connectivity index (χ0) is 17.9. The lowest BCUT2D eigenvalue weighted by atomic mass is 10.0. The van der Waals surface area contributed by atoms with Crippen LogP contribution in [0.15, 0.2) is 17.8 Å². The third kappa shape index (κ3) is 4.70. The second-order valence-electron chi connectivity index (χ2n) is 8.49. The van der Waals surface area contributed by atoms with E-state index in [1.807, 2.05) is 0 Å². The van der Waals surface area contributed by atoms with Gasteiger partial charge >= 0.3 is 0 Å². The smallest absolute Gasteiger partial charge is 0.0967 e. The van der Waals surface area contributed by atoms with Crippen LogP contribution in [0.4, 0.5) is 0 Å². The summed E-state index contributed by atoms with van der Waals surface area (Å²) >= 11 is 0. The van der Waals surface area contributed by atoms with E-state index in [1.54, 1.807) is 0 Å². The molecule has 3 heterocycles. The first-order valence-corrected chi connectivity index (χ1v) is 10.0. The first kappa shape index (κ1) is 18.6. The van der Waals surface area contributed by atoms with Gasteiger partial charge in [-0.2, -0.15) is 0 Å². The van der Waals surface area contributed by atoms with E-state index < -0.39 is 0 Å². The molecule has 0 bridgehead atoms. The Bertz CT molecular complexity index is 581. The molecule has 5 heteroatoms. The number of aromatic nitrogens is 3. The van der Waals surface area contributed by atoms with Crippen LogP contribution in [-0.2, 0) is 6.54 Å². The summed E-state index contributed by atoms with van der Waals surface area (Å²) in [6.45, 7) is 14.7. The monoisotopic (exact) mass is 345 g/mol. The molecule has 0 N–H and O–H groups in total. The van der Waals surface area contributed by atoms with Crippen LogP contribution in [0.2, 0.25) is 0 Å². The van der Waals surface area contributed by atoms with Crippen LogP contribution in [0.3, 0.4) is 0 Å². The molecule has 140 valence electrons. The number of piperidine rings is 1. The molecule has 2 aliphatic rings. The number of allylic oxidation sites excluding steroid dienone is 1. The van der Waals surface area contributed by atoms with Crippen LogP contribution in [0, 0.1) is 0 Å². The van der Waals surface area contributed by atoms with Crippen LogP contribution < -0.4 is 0 Å². The Morgan fingerprint density at radius 2 is 2.04 bits per heavy atom. The fraction of sp³-hybridized carbons (Fsp3) is 0.800. The van der Waals surface area contributed by atoms with Gasteiger partial charge in [-0.05, 0) is 59.4 Å². The molecule has 2 aliphatic heterocycles. The van der Waals surface area contributed by atoms with E-state index in [4.69, 9.17) is 0 Å². The SMILES string of the molecule is CCC=C(C)CN1CCC(n2cc(CN3CCCC3(C)C)nn2)CC1. The van der Waals surface area contributed by atoms with Crippen LogP contribution in [-0.4, -0.2) is 56.5 Å². The molecular formula is C20H35N5. The molecule has 0 atom stereocenters. The minimum atomic E-state index is 0.305. The molecule has 1 aromatic rings. The second-order valence-corrected chi connectivity index (χ2v) is 8.49. The molecule has 0 unspecified atom stereocenters. The van der Waals surface area contributed by atoms with Crippen molar-refractivity contribution in [3.05, 3.63) is 23.5 Å². The Kier molecular flexibility index (Phi) is 5.95. The maximum Gasteiger partial charge on any atom is 0.0967 e. The zero-order valence-corrected chi connectivity index (χ0v) is 16.5. The molecule has 0 amide bonds. The molecule has 0 spiro atoms. The Hall–Kier alpha value is -1.20. The average molecular weight is 346 g/mol. The van der Waals surface area contributed by atoms with Crippen molar-refractivity contribution in [2.75, 3.05) is 26.2 Å². The minimum absolute atomic E-state index is 0.305. The highest BCUT2D eigenvalue weighted by molar-refractivity contribution is 5.01. The summed E-state index contributed by atoms with van der Waals surface area (Å²) < 4.78 is 2.13. The van der Waals surface area contributed by atoms with Gasteiger partial charge in [-0.1, -0.05) is 23.8 Å². The van der Waals surface area contributed by atoms with Crippen molar-refractivity contribution >= 4 is 0 Å². The Labute approximate surface area is 153 Å². The molecule has 0 saturated carbocycles. The van der Waals surface area contributed by atoms with E-state index in [0.29, 0.717) is 11.6 Å². The van der Waals surface area contributed by atoms with Crippen molar-refractivity contribution in [3.63, 3.8) is 0 Å². The lowest BCUT2D eigenvalue weighted by Gasteiger charge is -2.32. The summed E-state index contributed by atoms with van der Waals surface area (Å²) in [6, 6.07) is 0.513. The summed E-state index contributed by atoms with van der Waals surface area (Å²) in [7, 11) is 0. The van der Waals surface area contributed by atoms with Crippen molar-refractivity contribution in [1.82, 2.24) is 24.8 Å². The molecule has 5 nitrogen and oxygen atoms in total. The number of rotatable bonds is 6. The van der Waals surface area contributed by atoms with Crippen molar-refractivity contribution in [2.24, 2.45) is 0 Å². The highest BCUT2D eigenvalue weighted by Crippen LogP contribution is 2.29. The van der Waals surface area contributed by atoms with Gasteiger partial charge in [-0.15, -0.1) is 5.10 Å². The minimum Gasteiger partial charge on any atom is -0.299 e. The van der Waals surface area contributed by atoms with Crippen LogP contribution in [0.25, 0.3) is 0 Å². The van der Waals surface area contributed by atoms with Crippen LogP contribution in [0.5, 0.6) is 0 Å². The summed E-state index contributed by atoms with van der Waals surface area (Å²) in [6.07, 6.45) is 10.6. The molecule has 0 radical (unpaired) electrons. The third-order valence-electron chi connectivity index (χ3n) is 5.94. The largest absolute Gasteiger partial charge is 0.299 e. The summed E-state index contributed by atoms with van der Waals surface area (Å²) in [5.41, 5.74) is 2.93. The fourth-order valence-corrected chi connectivity index (χ4v) is 4.32. The lowest BCUT2D eigenvalue weighted by Crippen LogP contribution is -2.37. The molecule has 3 rings (SSSR count). The van der Waals surface area contributed by atoms with Crippen molar-refractivity contribution in [2.45, 2.75) is 77.9 Å². The molecular weight excluding hydrogens is 310 g/mol. The van der Waals surface area contributed by atoms with Crippen molar-refractivity contribution in [3.8, 4) is 0 Å². The zero-order valence-electron chi connectivity index (χ0n) is 16.5. The van der Waals surface area contributed by atoms with Gasteiger partial charge in [0, 0.05) is 31.7 Å². The highest BCUT2D eigenvalue weighted by Gasteiger charge is 2.32. The van der Waals surface area contributed by atoms with E-state index in [0.717, 1.165) is 38.3 Å². The third-order valence-corrected chi connectivity index (χ3v) is 5.94. The molecule has 1 aromatic heterocycles. The van der Waals surface area contributed by atoms with Gasteiger partial charge in [-0.3, -0.25) is 9.80 Å². The van der Waals surface area contributed by atoms with E-state index in [1.165, 1.54) is 37.8 Å². The second kappa shape index (κ2) is 8.00. The van der Waals surface area contributed by atoms with Gasteiger partial charge in [0.15, 0.2) is 0 Å². The maximum atomic E-state index is 4.46. The summed E-state index contributed by atoms with van der Waals surface area (Å²) in [5.74, 6) is 0. The molecule has 0 aliphatic carbocycles. The summed E-state index contributed by atoms with van der Waals surface area (Å²) in [5, 5.41) is 8.92. The van der Waals surface area contributed by atoms with E-state index in [9.17, 15) is 0 Å². The first-order chi connectivity index (χ1) is 12.0. The number of hydrogen-bond acceptors (Lipinski definition) is 4. The number of nitrogens with zero attached hydrogens (tertiary/aromatic N) is 5. The molecule has 2 fully saturated rings. The Morgan fingerprint density at radius 3 is 2.68 bits per heavy atom. The molecule has 2 saturated heterocycles. The number of hydrogen-bond donors (Lipinski definition) is 0. The van der Waals surface area contributed by atoms with Crippen molar-refractivity contribution < 1.29 is 0 Å². The predicted octanol–water partition coefficient (Wildman–Crippen LogP) is 3.65. The van der Waals surface area contributed by atoms with Crippen LogP contribution in [0.1, 0.15) is 71.5 Å². The van der Waals surface area contributed by atoms with Gasteiger partial charge in [0.2, 0.25) is 0 Å². The fourth-order valence-electron chi connectivity index (χ4n) is 4.32. The summed E-state index contributed by atoms with van der Waals surface area (Å²) in [4.78, 5) is 5.12.